The SMILES string of the molecule is O=C[C@H](C[C@@H]1CCNC1O)NC(=O)[C@H](Cc1ccc(F)c(F)c1)NC(=O)c1cc2ccccc2[nH]1. The monoisotopic (exact) mass is 484 g/mol. The zero-order valence-corrected chi connectivity index (χ0v) is 18.8. The number of aliphatic hydroxyl groups is 1. The second-order valence-electron chi connectivity index (χ2n) is 8.68. The number of fused-ring (bicyclic) bond motifs is 1. The third-order valence-corrected chi connectivity index (χ3v) is 6.18. The van der Waals surface area contributed by atoms with Gasteiger partial charge in [-0.2, -0.15) is 0 Å². The summed E-state index contributed by atoms with van der Waals surface area (Å²) >= 11 is 0. The highest BCUT2D eigenvalue weighted by Gasteiger charge is 2.30. The van der Waals surface area contributed by atoms with Gasteiger partial charge in [-0.25, -0.2) is 8.78 Å². The first-order valence-corrected chi connectivity index (χ1v) is 11.3. The van der Waals surface area contributed by atoms with E-state index in [9.17, 15) is 28.3 Å². The lowest BCUT2D eigenvalue weighted by molar-refractivity contribution is -0.126. The molecule has 2 amide bonds. The minimum atomic E-state index is -1.17. The Morgan fingerprint density at radius 3 is 2.60 bits per heavy atom. The lowest BCUT2D eigenvalue weighted by Crippen LogP contribution is -2.51. The van der Waals surface area contributed by atoms with E-state index in [1.165, 1.54) is 6.07 Å². The number of aromatic amines is 1. The van der Waals surface area contributed by atoms with Crippen molar-refractivity contribution in [2.24, 2.45) is 5.92 Å². The largest absolute Gasteiger partial charge is 0.378 e. The summed E-state index contributed by atoms with van der Waals surface area (Å²) in [4.78, 5) is 40.7. The number of hydrogen-bond acceptors (Lipinski definition) is 5. The van der Waals surface area contributed by atoms with Crippen LogP contribution in [0.5, 0.6) is 0 Å². The maximum absolute atomic E-state index is 13.8. The number of amides is 2. The van der Waals surface area contributed by atoms with Gasteiger partial charge in [-0.05, 0) is 49.2 Å². The summed E-state index contributed by atoms with van der Waals surface area (Å²) in [6.07, 6.45) is 0.549. The van der Waals surface area contributed by atoms with Crippen molar-refractivity contribution in [3.05, 3.63) is 71.4 Å². The summed E-state index contributed by atoms with van der Waals surface area (Å²) in [6.45, 7) is 0.602. The number of H-pyrrole nitrogens is 1. The molecule has 3 aromatic rings. The Labute approximate surface area is 200 Å². The van der Waals surface area contributed by atoms with Crippen molar-refractivity contribution in [2.75, 3.05) is 6.54 Å². The normalized spacial score (nSPS) is 19.3. The van der Waals surface area contributed by atoms with Crippen molar-refractivity contribution in [2.45, 2.75) is 37.6 Å². The molecule has 2 aromatic carbocycles. The molecular formula is C25H26F2N4O4. The van der Waals surface area contributed by atoms with Gasteiger partial charge in [0.2, 0.25) is 5.91 Å². The molecule has 1 aromatic heterocycles. The Balaban J connectivity index is 1.52. The Morgan fingerprint density at radius 2 is 1.91 bits per heavy atom. The van der Waals surface area contributed by atoms with Crippen LogP contribution in [0, 0.1) is 17.6 Å². The van der Waals surface area contributed by atoms with Gasteiger partial charge in [-0.3, -0.25) is 14.9 Å². The van der Waals surface area contributed by atoms with E-state index in [4.69, 9.17) is 0 Å². The molecule has 0 radical (unpaired) electrons. The summed E-state index contributed by atoms with van der Waals surface area (Å²) in [5.41, 5.74) is 1.25. The number of halogens is 2. The average Bonchev–Trinajstić information content (AvgIpc) is 3.46. The first kappa shape index (κ1) is 24.5. The van der Waals surface area contributed by atoms with Gasteiger partial charge < -0.3 is 25.5 Å². The van der Waals surface area contributed by atoms with Crippen LogP contribution in [0.4, 0.5) is 8.78 Å². The molecule has 184 valence electrons. The first-order valence-electron chi connectivity index (χ1n) is 11.3. The standard InChI is InChI=1S/C25H26F2N4O4/c26-18-6-5-14(9-19(18)27)10-21(24(34)29-17(13-32)11-16-7-8-28-23(16)33)31-25(35)22-12-15-3-1-2-4-20(15)30-22/h1-6,9,12-13,16-17,21,23,28,30,33H,7-8,10-11H2,(H,29,34)(H,31,35)/t16-,17-,21-,23?/m0/s1. The molecule has 35 heavy (non-hydrogen) atoms. The fraction of sp³-hybridized carbons (Fsp3) is 0.320. The molecule has 0 saturated carbocycles. The highest BCUT2D eigenvalue weighted by atomic mass is 19.2. The van der Waals surface area contributed by atoms with Crippen LogP contribution in [0.2, 0.25) is 0 Å². The number of hydrogen-bond donors (Lipinski definition) is 5. The first-order chi connectivity index (χ1) is 16.8. The highest BCUT2D eigenvalue weighted by Crippen LogP contribution is 2.19. The number of benzene rings is 2. The van der Waals surface area contributed by atoms with Gasteiger partial charge >= 0.3 is 0 Å². The number of carbonyl (C=O) groups excluding carboxylic acids is 3. The summed E-state index contributed by atoms with van der Waals surface area (Å²) in [6, 6.07) is 10.1. The lowest BCUT2D eigenvalue weighted by atomic mass is 9.97. The van der Waals surface area contributed by atoms with Gasteiger partial charge in [-0.15, -0.1) is 0 Å². The predicted octanol–water partition coefficient (Wildman–Crippen LogP) is 1.79. The minimum absolute atomic E-state index is 0.131. The zero-order valence-electron chi connectivity index (χ0n) is 18.8. The maximum Gasteiger partial charge on any atom is 0.268 e. The quantitative estimate of drug-likeness (QED) is 0.297. The average molecular weight is 485 g/mol. The Bertz CT molecular complexity index is 1200. The van der Waals surface area contributed by atoms with Gasteiger partial charge in [0.25, 0.3) is 5.91 Å². The topological polar surface area (TPSA) is 123 Å². The van der Waals surface area contributed by atoms with Gasteiger partial charge in [0, 0.05) is 23.2 Å². The summed E-state index contributed by atoms with van der Waals surface area (Å²) in [5.74, 6) is -3.53. The van der Waals surface area contributed by atoms with E-state index in [1.54, 1.807) is 12.1 Å². The molecule has 1 unspecified atom stereocenters. The molecule has 2 heterocycles. The number of rotatable bonds is 9. The number of aldehydes is 1. The molecule has 4 rings (SSSR count). The van der Waals surface area contributed by atoms with Crippen LogP contribution in [0.25, 0.3) is 10.9 Å². The summed E-state index contributed by atoms with van der Waals surface area (Å²) < 4.78 is 27.1. The van der Waals surface area contributed by atoms with Crippen LogP contribution in [0.15, 0.2) is 48.5 Å². The van der Waals surface area contributed by atoms with Crippen molar-refractivity contribution in [3.8, 4) is 0 Å². The van der Waals surface area contributed by atoms with Gasteiger partial charge in [-0.1, -0.05) is 24.3 Å². The number of aliphatic hydroxyl groups excluding tert-OH is 1. The minimum Gasteiger partial charge on any atom is -0.378 e. The van der Waals surface area contributed by atoms with Crippen molar-refractivity contribution in [3.63, 3.8) is 0 Å². The second-order valence-corrected chi connectivity index (χ2v) is 8.68. The van der Waals surface area contributed by atoms with E-state index in [1.807, 2.05) is 18.2 Å². The number of carbonyl (C=O) groups is 3. The second kappa shape index (κ2) is 10.7. The molecule has 8 nitrogen and oxygen atoms in total. The van der Waals surface area contributed by atoms with Gasteiger partial charge in [0.1, 0.15) is 24.2 Å². The van der Waals surface area contributed by atoms with E-state index in [0.717, 1.165) is 23.0 Å². The van der Waals surface area contributed by atoms with Crippen molar-refractivity contribution in [1.29, 1.82) is 0 Å². The number of nitrogens with one attached hydrogen (secondary N) is 4. The van der Waals surface area contributed by atoms with Gasteiger partial charge in [0.15, 0.2) is 11.6 Å². The van der Waals surface area contributed by atoms with Crippen LogP contribution in [-0.2, 0) is 16.0 Å². The van der Waals surface area contributed by atoms with Crippen molar-refractivity contribution in [1.82, 2.24) is 20.9 Å². The fourth-order valence-corrected chi connectivity index (χ4v) is 4.29. The molecular weight excluding hydrogens is 458 g/mol. The molecule has 5 N–H and O–H groups in total. The maximum atomic E-state index is 13.8. The molecule has 1 aliphatic heterocycles. The zero-order chi connectivity index (χ0) is 24.9. The molecule has 0 bridgehead atoms. The summed E-state index contributed by atoms with van der Waals surface area (Å²) in [7, 11) is 0. The van der Waals surface area contributed by atoms with Gasteiger partial charge in [0.05, 0.1) is 6.04 Å². The molecule has 10 heteroatoms. The van der Waals surface area contributed by atoms with E-state index in [2.05, 4.69) is 20.9 Å². The third kappa shape index (κ3) is 5.90. The highest BCUT2D eigenvalue weighted by molar-refractivity contribution is 6.00. The van der Waals surface area contributed by atoms with Crippen LogP contribution in [0.3, 0.4) is 0 Å². The van der Waals surface area contributed by atoms with Crippen LogP contribution >= 0.6 is 0 Å². The summed E-state index contributed by atoms with van der Waals surface area (Å²) in [5, 5.41) is 18.9. The fourth-order valence-electron chi connectivity index (χ4n) is 4.29. The molecule has 0 spiro atoms. The van der Waals surface area contributed by atoms with E-state index in [0.29, 0.717) is 24.8 Å². The predicted molar refractivity (Wildman–Crippen MR) is 124 cm³/mol. The lowest BCUT2D eigenvalue weighted by Gasteiger charge is -2.23. The third-order valence-electron chi connectivity index (χ3n) is 6.18. The Hall–Kier alpha value is -3.63. The van der Waals surface area contributed by atoms with Crippen LogP contribution in [-0.4, -0.2) is 53.0 Å². The molecule has 4 atom stereocenters. The molecule has 1 saturated heterocycles. The molecule has 1 fully saturated rings. The van der Waals surface area contributed by atoms with E-state index >= 15 is 0 Å². The molecule has 0 aliphatic carbocycles. The number of para-hydroxylation sites is 1. The van der Waals surface area contributed by atoms with Crippen LogP contribution < -0.4 is 16.0 Å². The number of aromatic nitrogens is 1. The molecule has 1 aliphatic rings. The van der Waals surface area contributed by atoms with E-state index < -0.39 is 41.8 Å². The Morgan fingerprint density at radius 1 is 1.11 bits per heavy atom. The van der Waals surface area contributed by atoms with E-state index in [-0.39, 0.29) is 24.5 Å². The smallest absolute Gasteiger partial charge is 0.268 e. The van der Waals surface area contributed by atoms with Crippen molar-refractivity contribution < 1.29 is 28.3 Å². The van der Waals surface area contributed by atoms with Crippen molar-refractivity contribution >= 4 is 29.0 Å². The Kier molecular flexibility index (Phi) is 7.52. The van der Waals surface area contributed by atoms with Crippen LogP contribution in [0.1, 0.15) is 28.9 Å².